The Labute approximate surface area is 79.5 Å². The number of carbonyl (C=O) groups is 1. The highest BCUT2D eigenvalue weighted by Gasteiger charge is 2.14. The molecule has 4 nitrogen and oxygen atoms in total. The van der Waals surface area contributed by atoms with Gasteiger partial charge in [-0.1, -0.05) is 0 Å². The largest absolute Gasteiger partial charge is 0.351 e. The zero-order valence-corrected chi connectivity index (χ0v) is 8.25. The number of nitrogens with one attached hydrogen (secondary N) is 1. The molecule has 2 amide bonds. The van der Waals surface area contributed by atoms with Crippen LogP contribution in [0.5, 0.6) is 0 Å². The minimum absolute atomic E-state index is 0.329. The second kappa shape index (κ2) is 5.07. The van der Waals surface area contributed by atoms with E-state index in [0.29, 0.717) is 0 Å². The van der Waals surface area contributed by atoms with Crippen LogP contribution in [-0.4, -0.2) is 37.6 Å². The van der Waals surface area contributed by atoms with E-state index in [2.05, 4.69) is 5.32 Å². The number of nitrogens with zero attached hydrogens (tertiary/aromatic N) is 1. The normalized spacial score (nSPS) is 21.8. The van der Waals surface area contributed by atoms with Crippen molar-refractivity contribution in [2.24, 2.45) is 11.7 Å². The van der Waals surface area contributed by atoms with Crippen molar-refractivity contribution in [1.82, 2.24) is 10.2 Å². The molecule has 1 aliphatic rings. The van der Waals surface area contributed by atoms with Gasteiger partial charge in [-0.05, 0) is 38.3 Å². The second-order valence-corrected chi connectivity index (χ2v) is 3.76. The number of carbonyl (C=O) groups excluding carboxylic acids is 1. The van der Waals surface area contributed by atoms with E-state index in [1.807, 2.05) is 0 Å². The molecule has 1 aliphatic heterocycles. The summed E-state index contributed by atoms with van der Waals surface area (Å²) in [4.78, 5) is 12.2. The lowest BCUT2D eigenvalue weighted by Gasteiger charge is -2.15. The fraction of sp³-hybridized carbons (Fsp3) is 0.889. The third-order valence-corrected chi connectivity index (χ3v) is 2.64. The maximum absolute atomic E-state index is 10.7. The van der Waals surface area contributed by atoms with Crippen LogP contribution < -0.4 is 11.1 Å². The molecule has 0 bridgehead atoms. The van der Waals surface area contributed by atoms with Crippen molar-refractivity contribution in [3.8, 4) is 0 Å². The number of amides is 2. The van der Waals surface area contributed by atoms with Crippen molar-refractivity contribution < 1.29 is 4.79 Å². The van der Waals surface area contributed by atoms with E-state index in [1.54, 1.807) is 11.9 Å². The molecule has 0 radical (unpaired) electrons. The zero-order valence-electron chi connectivity index (χ0n) is 8.25. The molecule has 3 N–H and O–H groups in total. The van der Waals surface area contributed by atoms with E-state index in [0.717, 1.165) is 32.0 Å². The van der Waals surface area contributed by atoms with Crippen molar-refractivity contribution in [1.29, 1.82) is 0 Å². The Morgan fingerprint density at radius 2 is 2.46 bits per heavy atom. The number of hydrogen-bond acceptors (Lipinski definition) is 2. The van der Waals surface area contributed by atoms with Gasteiger partial charge >= 0.3 is 6.03 Å². The highest BCUT2D eigenvalue weighted by molar-refractivity contribution is 5.71. The van der Waals surface area contributed by atoms with Crippen molar-refractivity contribution in [2.45, 2.75) is 19.3 Å². The first kappa shape index (κ1) is 10.3. The predicted molar refractivity (Wildman–Crippen MR) is 52.4 cm³/mol. The molecule has 0 aromatic heterocycles. The third-order valence-electron chi connectivity index (χ3n) is 2.64. The summed E-state index contributed by atoms with van der Waals surface area (Å²) in [6, 6.07) is -0.329. The smallest absolute Gasteiger partial charge is 0.314 e. The molecule has 76 valence electrons. The number of rotatable bonds is 4. The summed E-state index contributed by atoms with van der Waals surface area (Å²) >= 11 is 0. The average molecular weight is 185 g/mol. The SMILES string of the molecule is CN(CCCC1CCNC1)C(N)=O. The maximum Gasteiger partial charge on any atom is 0.314 e. The number of primary amides is 1. The molecule has 1 saturated heterocycles. The van der Waals surface area contributed by atoms with Crippen molar-refractivity contribution in [3.05, 3.63) is 0 Å². The van der Waals surface area contributed by atoms with Crippen LogP contribution in [0.25, 0.3) is 0 Å². The van der Waals surface area contributed by atoms with Crippen LogP contribution in [-0.2, 0) is 0 Å². The zero-order chi connectivity index (χ0) is 9.68. The summed E-state index contributed by atoms with van der Waals surface area (Å²) in [6.45, 7) is 3.07. The molecule has 1 unspecified atom stereocenters. The van der Waals surface area contributed by atoms with Gasteiger partial charge < -0.3 is 16.0 Å². The lowest BCUT2D eigenvalue weighted by Crippen LogP contribution is -2.32. The van der Waals surface area contributed by atoms with Crippen molar-refractivity contribution in [3.63, 3.8) is 0 Å². The van der Waals surface area contributed by atoms with E-state index >= 15 is 0 Å². The molecule has 0 aromatic carbocycles. The lowest BCUT2D eigenvalue weighted by molar-refractivity contribution is 0.216. The van der Waals surface area contributed by atoms with Crippen LogP contribution in [0.3, 0.4) is 0 Å². The Balaban J connectivity index is 2.02. The van der Waals surface area contributed by atoms with Gasteiger partial charge in [0, 0.05) is 13.6 Å². The van der Waals surface area contributed by atoms with E-state index in [-0.39, 0.29) is 6.03 Å². The van der Waals surface area contributed by atoms with Gasteiger partial charge in [-0.25, -0.2) is 4.79 Å². The second-order valence-electron chi connectivity index (χ2n) is 3.76. The van der Waals surface area contributed by atoms with Gasteiger partial charge in [-0.2, -0.15) is 0 Å². The summed E-state index contributed by atoms with van der Waals surface area (Å²) in [7, 11) is 1.75. The van der Waals surface area contributed by atoms with Crippen molar-refractivity contribution in [2.75, 3.05) is 26.7 Å². The Morgan fingerprint density at radius 1 is 1.69 bits per heavy atom. The fourth-order valence-electron chi connectivity index (χ4n) is 1.69. The average Bonchev–Trinajstić information content (AvgIpc) is 2.56. The standard InChI is InChI=1S/C9H19N3O/c1-12(9(10)13)6-2-3-8-4-5-11-7-8/h8,11H,2-7H2,1H3,(H2,10,13). The van der Waals surface area contributed by atoms with Crippen LogP contribution >= 0.6 is 0 Å². The molecule has 1 rings (SSSR count). The highest BCUT2D eigenvalue weighted by Crippen LogP contribution is 2.14. The van der Waals surface area contributed by atoms with Crippen LogP contribution in [0, 0.1) is 5.92 Å². The molecule has 0 spiro atoms. The molecule has 0 aromatic rings. The first-order valence-electron chi connectivity index (χ1n) is 4.91. The van der Waals surface area contributed by atoms with Crippen LogP contribution in [0.4, 0.5) is 4.79 Å². The number of urea groups is 1. The Kier molecular flexibility index (Phi) is 4.02. The number of hydrogen-bond donors (Lipinski definition) is 2. The minimum atomic E-state index is -0.329. The monoisotopic (exact) mass is 185 g/mol. The fourth-order valence-corrected chi connectivity index (χ4v) is 1.69. The van der Waals surface area contributed by atoms with E-state index in [4.69, 9.17) is 5.73 Å². The van der Waals surface area contributed by atoms with Gasteiger partial charge in [0.05, 0.1) is 0 Å². The van der Waals surface area contributed by atoms with Gasteiger partial charge in [0.25, 0.3) is 0 Å². The first-order chi connectivity index (χ1) is 6.20. The molecule has 1 atom stereocenters. The van der Waals surface area contributed by atoms with E-state index in [9.17, 15) is 4.79 Å². The Bertz CT molecular complexity index is 166. The topological polar surface area (TPSA) is 58.4 Å². The van der Waals surface area contributed by atoms with E-state index < -0.39 is 0 Å². The van der Waals surface area contributed by atoms with Crippen LogP contribution in [0.2, 0.25) is 0 Å². The van der Waals surface area contributed by atoms with Gasteiger partial charge in [0.2, 0.25) is 0 Å². The predicted octanol–water partition coefficient (Wildman–Crippen LogP) is 0.387. The number of nitrogens with two attached hydrogens (primary N) is 1. The first-order valence-corrected chi connectivity index (χ1v) is 4.91. The molecule has 4 heteroatoms. The maximum atomic E-state index is 10.7. The molecule has 0 aliphatic carbocycles. The molecule has 1 heterocycles. The van der Waals surface area contributed by atoms with Gasteiger partial charge in [0.15, 0.2) is 0 Å². The minimum Gasteiger partial charge on any atom is -0.351 e. The quantitative estimate of drug-likeness (QED) is 0.665. The lowest BCUT2D eigenvalue weighted by atomic mass is 10.0. The molecular weight excluding hydrogens is 166 g/mol. The summed E-state index contributed by atoms with van der Waals surface area (Å²) < 4.78 is 0. The molecule has 0 saturated carbocycles. The molecule has 1 fully saturated rings. The summed E-state index contributed by atoms with van der Waals surface area (Å²) in [5.41, 5.74) is 5.10. The van der Waals surface area contributed by atoms with Crippen molar-refractivity contribution >= 4 is 6.03 Å². The third kappa shape index (κ3) is 3.63. The van der Waals surface area contributed by atoms with Crippen LogP contribution in [0.15, 0.2) is 0 Å². The van der Waals surface area contributed by atoms with Crippen LogP contribution in [0.1, 0.15) is 19.3 Å². The summed E-state index contributed by atoms with van der Waals surface area (Å²) in [5, 5.41) is 3.33. The summed E-state index contributed by atoms with van der Waals surface area (Å²) in [6.07, 6.45) is 3.54. The Morgan fingerprint density at radius 3 is 3.00 bits per heavy atom. The molecule has 13 heavy (non-hydrogen) atoms. The van der Waals surface area contributed by atoms with Gasteiger partial charge in [-0.3, -0.25) is 0 Å². The molecular formula is C9H19N3O. The summed E-state index contributed by atoms with van der Waals surface area (Å²) in [5.74, 6) is 0.807. The Hall–Kier alpha value is -0.770. The van der Waals surface area contributed by atoms with E-state index in [1.165, 1.54) is 12.8 Å². The highest BCUT2D eigenvalue weighted by atomic mass is 16.2. The van der Waals surface area contributed by atoms with Gasteiger partial charge in [0.1, 0.15) is 0 Å². The van der Waals surface area contributed by atoms with Gasteiger partial charge in [-0.15, -0.1) is 0 Å².